The van der Waals surface area contributed by atoms with Gasteiger partial charge in [0.25, 0.3) is 0 Å². The van der Waals surface area contributed by atoms with E-state index in [4.69, 9.17) is 4.98 Å². The Bertz CT molecular complexity index is 546. The second kappa shape index (κ2) is 6.20. The fourth-order valence-electron chi connectivity index (χ4n) is 2.10. The number of hydrogen-bond acceptors (Lipinski definition) is 6. The zero-order valence-corrected chi connectivity index (χ0v) is 13.6. The molecule has 6 heteroatoms. The van der Waals surface area contributed by atoms with Gasteiger partial charge in [-0.15, -0.1) is 22.7 Å². The SMILES string of the molecule is CCc1nc(N(C)Cc2cscn2)sc1CNC1CC1. The highest BCUT2D eigenvalue weighted by Gasteiger charge is 2.21. The van der Waals surface area contributed by atoms with Crippen LogP contribution < -0.4 is 10.2 Å². The van der Waals surface area contributed by atoms with E-state index >= 15 is 0 Å². The predicted molar refractivity (Wildman–Crippen MR) is 85.6 cm³/mol. The predicted octanol–water partition coefficient (Wildman–Crippen LogP) is 3.05. The summed E-state index contributed by atoms with van der Waals surface area (Å²) >= 11 is 3.45. The number of aromatic nitrogens is 2. The molecule has 0 atom stereocenters. The van der Waals surface area contributed by atoms with E-state index in [1.54, 1.807) is 11.3 Å². The molecule has 1 saturated carbocycles. The van der Waals surface area contributed by atoms with Crippen molar-refractivity contribution in [2.75, 3.05) is 11.9 Å². The summed E-state index contributed by atoms with van der Waals surface area (Å²) < 4.78 is 0. The van der Waals surface area contributed by atoms with Gasteiger partial charge in [0.2, 0.25) is 0 Å². The fourth-order valence-corrected chi connectivity index (χ4v) is 3.71. The Hall–Kier alpha value is -0.980. The molecular formula is C14H20N4S2. The maximum atomic E-state index is 4.79. The molecule has 3 rings (SSSR count). The van der Waals surface area contributed by atoms with Crippen LogP contribution in [0.3, 0.4) is 0 Å². The molecule has 0 amide bonds. The molecule has 1 N–H and O–H groups in total. The minimum atomic E-state index is 0.748. The van der Waals surface area contributed by atoms with Gasteiger partial charge >= 0.3 is 0 Å². The Kier molecular flexibility index (Phi) is 4.33. The normalized spacial score (nSPS) is 14.7. The second-order valence-corrected chi connectivity index (χ2v) is 6.99. The first kappa shape index (κ1) is 14.0. The van der Waals surface area contributed by atoms with Crippen molar-refractivity contribution in [1.82, 2.24) is 15.3 Å². The molecular weight excluding hydrogens is 288 g/mol. The number of thiazole rings is 2. The van der Waals surface area contributed by atoms with Crippen molar-refractivity contribution in [3.63, 3.8) is 0 Å². The Morgan fingerprint density at radius 1 is 1.45 bits per heavy atom. The van der Waals surface area contributed by atoms with Crippen LogP contribution in [0, 0.1) is 0 Å². The van der Waals surface area contributed by atoms with Crippen LogP contribution in [0.25, 0.3) is 0 Å². The molecule has 0 aliphatic heterocycles. The molecule has 2 aromatic heterocycles. The highest BCUT2D eigenvalue weighted by Crippen LogP contribution is 2.28. The van der Waals surface area contributed by atoms with Crippen molar-refractivity contribution in [3.8, 4) is 0 Å². The van der Waals surface area contributed by atoms with Crippen LogP contribution >= 0.6 is 22.7 Å². The third kappa shape index (κ3) is 3.37. The Labute approximate surface area is 127 Å². The van der Waals surface area contributed by atoms with E-state index in [1.807, 2.05) is 16.8 Å². The van der Waals surface area contributed by atoms with E-state index in [0.717, 1.165) is 36.4 Å². The summed E-state index contributed by atoms with van der Waals surface area (Å²) in [5.41, 5.74) is 4.24. The van der Waals surface area contributed by atoms with Gasteiger partial charge in [-0.3, -0.25) is 0 Å². The summed E-state index contributed by atoms with van der Waals surface area (Å²) in [4.78, 5) is 12.7. The van der Waals surface area contributed by atoms with Crippen LogP contribution in [0.2, 0.25) is 0 Å². The van der Waals surface area contributed by atoms with E-state index in [1.165, 1.54) is 23.4 Å². The fraction of sp³-hybridized carbons (Fsp3) is 0.571. The molecule has 20 heavy (non-hydrogen) atoms. The number of anilines is 1. The number of nitrogens with zero attached hydrogens (tertiary/aromatic N) is 3. The lowest BCUT2D eigenvalue weighted by molar-refractivity contribution is 0.689. The molecule has 4 nitrogen and oxygen atoms in total. The molecule has 0 radical (unpaired) electrons. The van der Waals surface area contributed by atoms with Crippen molar-refractivity contribution >= 4 is 27.8 Å². The second-order valence-electron chi connectivity index (χ2n) is 5.21. The van der Waals surface area contributed by atoms with Gasteiger partial charge in [-0.2, -0.15) is 0 Å². The zero-order chi connectivity index (χ0) is 13.9. The summed E-state index contributed by atoms with van der Waals surface area (Å²) in [5.74, 6) is 0. The molecule has 2 aromatic rings. The van der Waals surface area contributed by atoms with Crippen molar-refractivity contribution in [2.45, 2.75) is 45.3 Å². The van der Waals surface area contributed by atoms with Gasteiger partial charge in [0.15, 0.2) is 5.13 Å². The summed E-state index contributed by atoms with van der Waals surface area (Å²) in [5, 5.41) is 6.78. The van der Waals surface area contributed by atoms with Crippen LogP contribution in [0.15, 0.2) is 10.9 Å². The average molecular weight is 308 g/mol. The molecule has 0 unspecified atom stereocenters. The summed E-state index contributed by atoms with van der Waals surface area (Å²) in [6, 6.07) is 0.748. The molecule has 0 aromatic carbocycles. The quantitative estimate of drug-likeness (QED) is 0.853. The van der Waals surface area contributed by atoms with Crippen LogP contribution in [-0.2, 0) is 19.5 Å². The highest BCUT2D eigenvalue weighted by atomic mass is 32.1. The molecule has 1 aliphatic carbocycles. The third-order valence-corrected chi connectivity index (χ3v) is 5.29. The molecule has 2 heterocycles. The minimum Gasteiger partial charge on any atom is -0.345 e. The van der Waals surface area contributed by atoms with Crippen LogP contribution in [0.5, 0.6) is 0 Å². The van der Waals surface area contributed by atoms with E-state index in [0.29, 0.717) is 0 Å². The number of hydrogen-bond donors (Lipinski definition) is 1. The van der Waals surface area contributed by atoms with E-state index in [2.05, 4.69) is 34.6 Å². The molecule has 1 aliphatic rings. The first-order valence-electron chi connectivity index (χ1n) is 7.06. The largest absolute Gasteiger partial charge is 0.345 e. The molecule has 0 saturated heterocycles. The maximum Gasteiger partial charge on any atom is 0.185 e. The first-order valence-corrected chi connectivity index (χ1v) is 8.82. The zero-order valence-electron chi connectivity index (χ0n) is 11.9. The van der Waals surface area contributed by atoms with Crippen molar-refractivity contribution < 1.29 is 0 Å². The Morgan fingerprint density at radius 3 is 2.95 bits per heavy atom. The van der Waals surface area contributed by atoms with Gasteiger partial charge in [0, 0.05) is 29.9 Å². The highest BCUT2D eigenvalue weighted by molar-refractivity contribution is 7.15. The number of rotatable bonds is 7. The Morgan fingerprint density at radius 2 is 2.30 bits per heavy atom. The molecule has 108 valence electrons. The first-order chi connectivity index (χ1) is 9.76. The standard InChI is InChI=1S/C14H20N4S2/c1-3-12-13(6-15-10-4-5-10)20-14(17-12)18(2)7-11-8-19-9-16-11/h8-10,15H,3-7H2,1-2H3. The monoisotopic (exact) mass is 308 g/mol. The lowest BCUT2D eigenvalue weighted by Gasteiger charge is -2.13. The lowest BCUT2D eigenvalue weighted by atomic mass is 10.3. The van der Waals surface area contributed by atoms with Crippen molar-refractivity contribution in [1.29, 1.82) is 0 Å². The van der Waals surface area contributed by atoms with E-state index in [9.17, 15) is 0 Å². The van der Waals surface area contributed by atoms with Gasteiger partial charge in [-0.05, 0) is 19.3 Å². The average Bonchev–Trinajstić information content (AvgIpc) is 2.98. The van der Waals surface area contributed by atoms with Gasteiger partial charge in [-0.1, -0.05) is 6.92 Å². The van der Waals surface area contributed by atoms with Crippen LogP contribution in [0.4, 0.5) is 5.13 Å². The van der Waals surface area contributed by atoms with Gasteiger partial charge in [0.1, 0.15) is 0 Å². The van der Waals surface area contributed by atoms with E-state index in [-0.39, 0.29) is 0 Å². The van der Waals surface area contributed by atoms with Crippen LogP contribution in [0.1, 0.15) is 36.0 Å². The Balaban J connectivity index is 1.68. The van der Waals surface area contributed by atoms with Gasteiger partial charge < -0.3 is 10.2 Å². The lowest BCUT2D eigenvalue weighted by Crippen LogP contribution is -2.16. The van der Waals surface area contributed by atoms with Gasteiger partial charge in [0.05, 0.1) is 23.4 Å². The van der Waals surface area contributed by atoms with Crippen LogP contribution in [-0.4, -0.2) is 23.1 Å². The maximum absolute atomic E-state index is 4.79. The van der Waals surface area contributed by atoms with Crippen molar-refractivity contribution in [2.24, 2.45) is 0 Å². The number of aryl methyl sites for hydroxylation is 1. The smallest absolute Gasteiger partial charge is 0.185 e. The third-order valence-electron chi connectivity index (χ3n) is 3.44. The summed E-state index contributed by atoms with van der Waals surface area (Å²) in [6.45, 7) is 3.98. The molecule has 1 fully saturated rings. The van der Waals surface area contributed by atoms with Gasteiger partial charge in [-0.25, -0.2) is 9.97 Å². The molecule has 0 bridgehead atoms. The van der Waals surface area contributed by atoms with Crippen molar-refractivity contribution in [3.05, 3.63) is 27.2 Å². The summed E-state index contributed by atoms with van der Waals surface area (Å²) in [7, 11) is 2.09. The minimum absolute atomic E-state index is 0.748. The number of nitrogens with one attached hydrogen (secondary N) is 1. The van der Waals surface area contributed by atoms with E-state index < -0.39 is 0 Å². The molecule has 0 spiro atoms. The summed E-state index contributed by atoms with van der Waals surface area (Å²) in [6.07, 6.45) is 3.66. The topological polar surface area (TPSA) is 41.1 Å².